The average molecular weight is 451 g/mol. The molecule has 0 fully saturated rings. The molecule has 1 aromatic carbocycles. The predicted molar refractivity (Wildman–Crippen MR) is 128 cm³/mol. The number of benzene rings is 1. The zero-order chi connectivity index (χ0) is 21.9. The highest BCUT2D eigenvalue weighted by Crippen LogP contribution is 2.02. The van der Waals surface area contributed by atoms with Crippen LogP contribution in [0.3, 0.4) is 0 Å². The molecule has 0 heterocycles. The third-order valence-corrected chi connectivity index (χ3v) is 6.99. The summed E-state index contributed by atoms with van der Waals surface area (Å²) in [5.41, 5.74) is 0. The summed E-state index contributed by atoms with van der Waals surface area (Å²) < 4.78 is 24.0. The van der Waals surface area contributed by atoms with Gasteiger partial charge in [-0.3, -0.25) is 0 Å². The van der Waals surface area contributed by atoms with Crippen molar-refractivity contribution in [3.05, 3.63) is 24.3 Å². The molecule has 0 atom stereocenters. The average Bonchev–Trinajstić information content (AvgIpc) is 2.75. The monoisotopic (exact) mass is 450 g/mol. The molecule has 170 valence electrons. The number of ether oxygens (including phenoxy) is 4. The highest BCUT2D eigenvalue weighted by atomic mass is 28.2. The van der Waals surface area contributed by atoms with Crippen molar-refractivity contribution in [1.29, 1.82) is 0 Å². The molecular formula is C24H42O4Si2. The Bertz CT molecular complexity index is 433. The third-order valence-electron chi connectivity index (χ3n) is 4.52. The Morgan fingerprint density at radius 2 is 0.800 bits per heavy atom. The quantitative estimate of drug-likeness (QED) is 0.170. The van der Waals surface area contributed by atoms with E-state index in [0.717, 1.165) is 77.8 Å². The van der Waals surface area contributed by atoms with Gasteiger partial charge in [0.05, 0.1) is 0 Å². The van der Waals surface area contributed by atoms with E-state index in [1.807, 2.05) is 0 Å². The Kier molecular flexibility index (Phi) is 17.6. The fourth-order valence-electron chi connectivity index (χ4n) is 2.54. The van der Waals surface area contributed by atoms with Gasteiger partial charge in [-0.1, -0.05) is 88.0 Å². The fraction of sp³-hybridized carbons (Fsp3) is 0.750. The second kappa shape index (κ2) is 19.2. The summed E-state index contributed by atoms with van der Waals surface area (Å²) in [6, 6.07) is 8.81. The second-order valence-electron chi connectivity index (χ2n) is 7.43. The molecule has 0 aliphatic rings. The van der Waals surface area contributed by atoms with Crippen LogP contribution in [0.4, 0.5) is 0 Å². The van der Waals surface area contributed by atoms with Crippen LogP contribution < -0.4 is 10.4 Å². The molecule has 0 unspecified atom stereocenters. The van der Waals surface area contributed by atoms with E-state index in [0.29, 0.717) is 19.0 Å². The molecule has 0 aliphatic heterocycles. The maximum absolute atomic E-state index is 5.99. The molecule has 0 aliphatic carbocycles. The van der Waals surface area contributed by atoms with Crippen molar-refractivity contribution in [2.75, 3.05) is 26.4 Å². The number of unbranched alkanes of at least 4 members (excludes halogenated alkanes) is 4. The van der Waals surface area contributed by atoms with Gasteiger partial charge in [-0.05, 0) is 25.7 Å². The van der Waals surface area contributed by atoms with Crippen LogP contribution in [-0.2, 0) is 18.9 Å². The second-order valence-corrected chi connectivity index (χ2v) is 10.1. The molecule has 1 aromatic rings. The van der Waals surface area contributed by atoms with E-state index >= 15 is 0 Å². The Hall–Kier alpha value is -0.506. The highest BCUT2D eigenvalue weighted by Gasteiger charge is 2.15. The summed E-state index contributed by atoms with van der Waals surface area (Å²) in [4.78, 5) is 0. The van der Waals surface area contributed by atoms with Crippen LogP contribution in [-0.4, -0.2) is 57.3 Å². The number of hydrogen-bond donors (Lipinski definition) is 0. The van der Waals surface area contributed by atoms with Crippen molar-refractivity contribution in [2.45, 2.75) is 90.9 Å². The lowest BCUT2D eigenvalue weighted by Gasteiger charge is -2.19. The van der Waals surface area contributed by atoms with E-state index in [1.54, 1.807) is 0 Å². The summed E-state index contributed by atoms with van der Waals surface area (Å²) >= 11 is 0. The zero-order valence-corrected chi connectivity index (χ0v) is 21.6. The fourth-order valence-corrected chi connectivity index (χ4v) is 4.60. The Morgan fingerprint density at radius 1 is 0.533 bits per heavy atom. The molecule has 0 spiro atoms. The minimum absolute atomic E-state index is 0.126. The predicted octanol–water partition coefficient (Wildman–Crippen LogP) is 4.18. The van der Waals surface area contributed by atoms with Gasteiger partial charge in [-0.2, -0.15) is 0 Å². The van der Waals surface area contributed by atoms with Gasteiger partial charge in [0.2, 0.25) is 0 Å². The van der Waals surface area contributed by atoms with Crippen LogP contribution in [0, 0.1) is 0 Å². The van der Waals surface area contributed by atoms with Crippen molar-refractivity contribution >= 4 is 29.4 Å². The molecule has 4 nitrogen and oxygen atoms in total. The molecule has 0 saturated heterocycles. The summed E-state index contributed by atoms with van der Waals surface area (Å²) in [7, 11) is 1.01. The van der Waals surface area contributed by atoms with Gasteiger partial charge >= 0.3 is 0 Å². The van der Waals surface area contributed by atoms with Gasteiger partial charge in [-0.15, -0.1) is 0 Å². The van der Waals surface area contributed by atoms with Gasteiger partial charge in [0.25, 0.3) is 0 Å². The van der Waals surface area contributed by atoms with Crippen LogP contribution in [0.2, 0.25) is 0 Å². The van der Waals surface area contributed by atoms with Crippen molar-refractivity contribution in [3.63, 3.8) is 0 Å². The Balaban J connectivity index is 2.58. The van der Waals surface area contributed by atoms with Gasteiger partial charge in [0, 0.05) is 26.4 Å². The minimum Gasteiger partial charge on any atom is -0.357 e. The number of hydrogen-bond acceptors (Lipinski definition) is 4. The summed E-state index contributed by atoms with van der Waals surface area (Å²) in [5.74, 6) is -0.252. The molecule has 6 heteroatoms. The molecular weight excluding hydrogens is 408 g/mol. The van der Waals surface area contributed by atoms with Crippen molar-refractivity contribution in [1.82, 2.24) is 0 Å². The molecule has 1 rings (SSSR count). The molecule has 0 amide bonds. The molecule has 30 heavy (non-hydrogen) atoms. The first-order valence-electron chi connectivity index (χ1n) is 11.8. The molecule has 4 radical (unpaired) electrons. The van der Waals surface area contributed by atoms with E-state index in [9.17, 15) is 0 Å². The summed E-state index contributed by atoms with van der Waals surface area (Å²) in [6.07, 6.45) is 8.88. The zero-order valence-electron chi connectivity index (χ0n) is 19.6. The smallest absolute Gasteiger partial charge is 0.157 e. The van der Waals surface area contributed by atoms with E-state index in [2.05, 4.69) is 52.0 Å². The Morgan fingerprint density at radius 3 is 1.03 bits per heavy atom. The lowest BCUT2D eigenvalue weighted by molar-refractivity contribution is -0.0913. The third kappa shape index (κ3) is 13.7. The maximum Gasteiger partial charge on any atom is 0.157 e. The number of rotatable bonds is 20. The molecule has 0 aromatic heterocycles. The van der Waals surface area contributed by atoms with E-state index in [1.165, 1.54) is 10.4 Å². The first-order valence-corrected chi connectivity index (χ1v) is 14.0. The summed E-state index contributed by atoms with van der Waals surface area (Å²) in [6.45, 7) is 11.8. The lowest BCUT2D eigenvalue weighted by atomic mass is 10.4. The summed E-state index contributed by atoms with van der Waals surface area (Å²) in [5, 5.41) is 2.55. The van der Waals surface area contributed by atoms with Crippen molar-refractivity contribution in [3.8, 4) is 0 Å². The molecule has 0 saturated carbocycles. The van der Waals surface area contributed by atoms with Crippen molar-refractivity contribution < 1.29 is 18.9 Å². The first-order chi connectivity index (χ1) is 14.7. The van der Waals surface area contributed by atoms with Crippen LogP contribution in [0.15, 0.2) is 24.3 Å². The van der Waals surface area contributed by atoms with Gasteiger partial charge in [-0.25, -0.2) is 0 Å². The molecule has 0 bridgehead atoms. The lowest BCUT2D eigenvalue weighted by Crippen LogP contribution is -2.36. The van der Waals surface area contributed by atoms with Gasteiger partial charge < -0.3 is 18.9 Å². The normalized spacial score (nSPS) is 11.7. The first kappa shape index (κ1) is 27.5. The van der Waals surface area contributed by atoms with E-state index < -0.39 is 0 Å². The van der Waals surface area contributed by atoms with E-state index in [-0.39, 0.29) is 11.8 Å². The van der Waals surface area contributed by atoms with Crippen molar-refractivity contribution in [2.24, 2.45) is 0 Å². The largest absolute Gasteiger partial charge is 0.357 e. The van der Waals surface area contributed by atoms with Gasteiger partial charge in [0.15, 0.2) is 19.0 Å². The van der Waals surface area contributed by atoms with Crippen LogP contribution >= 0.6 is 0 Å². The topological polar surface area (TPSA) is 36.9 Å². The van der Waals surface area contributed by atoms with Crippen LogP contribution in [0.25, 0.3) is 0 Å². The highest BCUT2D eigenvalue weighted by molar-refractivity contribution is 6.56. The SMILES string of the molecule is CCCCOC(OCCCC)[Si]c1ccc([Si]C(OCCCC)OCCCC)cc1. The van der Waals surface area contributed by atoms with Gasteiger partial charge in [0.1, 0.15) is 11.8 Å². The minimum atomic E-state index is -0.126. The maximum atomic E-state index is 5.99. The van der Waals surface area contributed by atoms with Crippen LogP contribution in [0.1, 0.15) is 79.1 Å². The standard InChI is InChI=1S/C24H42O4Si2/c1-5-9-17-25-23(26-18-10-6-2)29-21-13-15-22(16-14-21)30-24(27-19-11-7-3)28-20-12-8-4/h13-16,23-24H,5-12,17-20H2,1-4H3. The van der Waals surface area contributed by atoms with E-state index in [4.69, 9.17) is 18.9 Å². The van der Waals surface area contributed by atoms with Crippen LogP contribution in [0.5, 0.6) is 0 Å². The Labute approximate surface area is 190 Å². The molecule has 0 N–H and O–H groups in total.